The topological polar surface area (TPSA) is 20.2 Å². The van der Waals surface area contributed by atoms with Crippen molar-refractivity contribution in [3.05, 3.63) is 59.2 Å². The van der Waals surface area contributed by atoms with E-state index in [1.54, 1.807) is 12.1 Å². The third-order valence-electron chi connectivity index (χ3n) is 3.74. The Hall–Kier alpha value is -1.81. The van der Waals surface area contributed by atoms with Crippen molar-refractivity contribution in [2.24, 2.45) is 0 Å². The maximum Gasteiger partial charge on any atom is 0.416 e. The van der Waals surface area contributed by atoms with E-state index in [0.29, 0.717) is 18.4 Å². The van der Waals surface area contributed by atoms with Crippen LogP contribution in [0.1, 0.15) is 29.2 Å². The summed E-state index contributed by atoms with van der Waals surface area (Å²) in [6.45, 7) is 0. The van der Waals surface area contributed by atoms with Crippen LogP contribution in [0.5, 0.6) is 0 Å². The predicted molar refractivity (Wildman–Crippen MR) is 70.2 cm³/mol. The van der Waals surface area contributed by atoms with Crippen LogP contribution in [0.25, 0.3) is 11.1 Å². The lowest BCUT2D eigenvalue weighted by atomic mass is 9.95. The molecule has 0 heterocycles. The lowest BCUT2D eigenvalue weighted by Gasteiger charge is -2.12. The minimum atomic E-state index is -4.34. The Bertz CT molecular complexity index is 646. The molecular weight excluding hydrogens is 265 g/mol. The van der Waals surface area contributed by atoms with Crippen LogP contribution in [0.3, 0.4) is 0 Å². The van der Waals surface area contributed by atoms with Crippen LogP contribution in [0.2, 0.25) is 0 Å². The largest absolute Gasteiger partial charge is 0.416 e. The van der Waals surface area contributed by atoms with Gasteiger partial charge in [-0.15, -0.1) is 0 Å². The van der Waals surface area contributed by atoms with Crippen molar-refractivity contribution < 1.29 is 18.3 Å². The second-order valence-electron chi connectivity index (χ2n) is 5.01. The molecule has 0 amide bonds. The SMILES string of the molecule is OC1CCc2c(-c3cccc(C(F)(F)F)c3)cccc21. The summed E-state index contributed by atoms with van der Waals surface area (Å²) in [5.41, 5.74) is 2.47. The van der Waals surface area contributed by atoms with E-state index in [-0.39, 0.29) is 0 Å². The summed E-state index contributed by atoms with van der Waals surface area (Å²) in [6, 6.07) is 10.8. The Morgan fingerprint density at radius 1 is 1.05 bits per heavy atom. The number of benzene rings is 2. The second kappa shape index (κ2) is 4.63. The summed E-state index contributed by atoms with van der Waals surface area (Å²) < 4.78 is 38.3. The van der Waals surface area contributed by atoms with Gasteiger partial charge in [0.15, 0.2) is 0 Å². The Balaban J connectivity index is 2.11. The lowest BCUT2D eigenvalue weighted by Crippen LogP contribution is -2.04. The highest BCUT2D eigenvalue weighted by Crippen LogP contribution is 2.39. The number of alkyl halides is 3. The predicted octanol–water partition coefficient (Wildman–Crippen LogP) is 4.35. The van der Waals surface area contributed by atoms with Crippen molar-refractivity contribution in [2.75, 3.05) is 0 Å². The van der Waals surface area contributed by atoms with Crippen molar-refractivity contribution in [1.29, 1.82) is 0 Å². The van der Waals surface area contributed by atoms with E-state index in [9.17, 15) is 18.3 Å². The van der Waals surface area contributed by atoms with E-state index in [0.717, 1.165) is 22.8 Å². The molecule has 1 aliphatic rings. The molecule has 0 radical (unpaired) electrons. The Kier molecular flexibility index (Phi) is 3.05. The molecule has 0 bridgehead atoms. The number of aliphatic hydroxyl groups is 1. The van der Waals surface area contributed by atoms with Crippen LogP contribution >= 0.6 is 0 Å². The molecule has 3 rings (SSSR count). The first-order chi connectivity index (χ1) is 9.47. The number of rotatable bonds is 1. The fourth-order valence-corrected chi connectivity index (χ4v) is 2.77. The monoisotopic (exact) mass is 278 g/mol. The zero-order chi connectivity index (χ0) is 14.3. The quantitative estimate of drug-likeness (QED) is 0.822. The van der Waals surface area contributed by atoms with E-state index in [4.69, 9.17) is 0 Å². The fourth-order valence-electron chi connectivity index (χ4n) is 2.77. The molecule has 1 aliphatic carbocycles. The van der Waals surface area contributed by atoms with E-state index in [1.165, 1.54) is 12.1 Å². The Morgan fingerprint density at radius 3 is 2.55 bits per heavy atom. The fraction of sp³-hybridized carbons (Fsp3) is 0.250. The van der Waals surface area contributed by atoms with Crippen LogP contribution in [0.15, 0.2) is 42.5 Å². The number of hydrogen-bond acceptors (Lipinski definition) is 1. The molecule has 0 saturated heterocycles. The molecule has 104 valence electrons. The van der Waals surface area contributed by atoms with E-state index >= 15 is 0 Å². The first-order valence-electron chi connectivity index (χ1n) is 6.44. The van der Waals surface area contributed by atoms with Gasteiger partial charge in [0.2, 0.25) is 0 Å². The summed E-state index contributed by atoms with van der Waals surface area (Å²) in [5, 5.41) is 9.86. The molecule has 2 aromatic carbocycles. The molecule has 1 unspecified atom stereocenters. The van der Waals surface area contributed by atoms with Crippen molar-refractivity contribution in [1.82, 2.24) is 0 Å². The third kappa shape index (κ3) is 2.20. The Labute approximate surface area is 114 Å². The highest BCUT2D eigenvalue weighted by atomic mass is 19.4. The Morgan fingerprint density at radius 2 is 1.80 bits per heavy atom. The van der Waals surface area contributed by atoms with Crippen LogP contribution in [-0.2, 0) is 12.6 Å². The molecule has 0 fully saturated rings. The molecule has 0 spiro atoms. The zero-order valence-electron chi connectivity index (χ0n) is 10.6. The average molecular weight is 278 g/mol. The van der Waals surface area contributed by atoms with Gasteiger partial charge in [0, 0.05) is 0 Å². The zero-order valence-corrected chi connectivity index (χ0v) is 10.6. The molecule has 0 saturated carbocycles. The van der Waals surface area contributed by atoms with Crippen molar-refractivity contribution >= 4 is 0 Å². The molecule has 1 N–H and O–H groups in total. The number of aliphatic hydroxyl groups excluding tert-OH is 1. The van der Waals surface area contributed by atoms with Gasteiger partial charge in [-0.1, -0.05) is 30.3 Å². The molecule has 4 heteroatoms. The molecule has 0 aliphatic heterocycles. The molecule has 2 aromatic rings. The summed E-state index contributed by atoms with van der Waals surface area (Å²) in [7, 11) is 0. The number of halogens is 3. The van der Waals surface area contributed by atoms with Crippen molar-refractivity contribution in [3.8, 4) is 11.1 Å². The standard InChI is InChI=1S/C16H13F3O/c17-16(18,19)11-4-1-3-10(9-11)12-5-2-6-14-13(12)7-8-15(14)20/h1-6,9,15,20H,7-8H2. The van der Waals surface area contributed by atoms with Crippen LogP contribution in [0, 0.1) is 0 Å². The van der Waals surface area contributed by atoms with Gasteiger partial charge in [0.25, 0.3) is 0 Å². The van der Waals surface area contributed by atoms with Gasteiger partial charge >= 0.3 is 6.18 Å². The van der Waals surface area contributed by atoms with Crippen molar-refractivity contribution in [2.45, 2.75) is 25.1 Å². The lowest BCUT2D eigenvalue weighted by molar-refractivity contribution is -0.137. The van der Waals surface area contributed by atoms with E-state index < -0.39 is 17.8 Å². The van der Waals surface area contributed by atoms with Gasteiger partial charge in [0.05, 0.1) is 11.7 Å². The van der Waals surface area contributed by atoms with Crippen LogP contribution in [-0.4, -0.2) is 5.11 Å². The van der Waals surface area contributed by atoms with Gasteiger partial charge in [-0.3, -0.25) is 0 Å². The first-order valence-corrected chi connectivity index (χ1v) is 6.44. The number of fused-ring (bicyclic) bond motifs is 1. The molecular formula is C16H13F3O. The summed E-state index contributed by atoms with van der Waals surface area (Å²) >= 11 is 0. The molecule has 20 heavy (non-hydrogen) atoms. The molecule has 1 nitrogen and oxygen atoms in total. The van der Waals surface area contributed by atoms with Gasteiger partial charge < -0.3 is 5.11 Å². The first kappa shape index (κ1) is 13.2. The van der Waals surface area contributed by atoms with Crippen LogP contribution < -0.4 is 0 Å². The summed E-state index contributed by atoms with van der Waals surface area (Å²) in [4.78, 5) is 0. The summed E-state index contributed by atoms with van der Waals surface area (Å²) in [6.07, 6.45) is -3.52. The smallest absolute Gasteiger partial charge is 0.388 e. The van der Waals surface area contributed by atoms with Gasteiger partial charge in [-0.05, 0) is 47.2 Å². The number of hydrogen-bond donors (Lipinski definition) is 1. The van der Waals surface area contributed by atoms with Gasteiger partial charge in [-0.2, -0.15) is 13.2 Å². The maximum atomic E-state index is 12.8. The van der Waals surface area contributed by atoms with Crippen LogP contribution in [0.4, 0.5) is 13.2 Å². The van der Waals surface area contributed by atoms with E-state index in [2.05, 4.69) is 0 Å². The minimum Gasteiger partial charge on any atom is -0.388 e. The van der Waals surface area contributed by atoms with Gasteiger partial charge in [-0.25, -0.2) is 0 Å². The van der Waals surface area contributed by atoms with E-state index in [1.807, 2.05) is 12.1 Å². The normalized spacial score (nSPS) is 18.1. The molecule has 1 atom stereocenters. The van der Waals surface area contributed by atoms with Crippen molar-refractivity contribution in [3.63, 3.8) is 0 Å². The van der Waals surface area contributed by atoms with Gasteiger partial charge in [0.1, 0.15) is 0 Å². The maximum absolute atomic E-state index is 12.8. The second-order valence-corrected chi connectivity index (χ2v) is 5.01. The minimum absolute atomic E-state index is 0.504. The highest BCUT2D eigenvalue weighted by Gasteiger charge is 2.31. The molecule has 0 aromatic heterocycles. The highest BCUT2D eigenvalue weighted by molar-refractivity contribution is 5.70. The third-order valence-corrected chi connectivity index (χ3v) is 3.74. The average Bonchev–Trinajstić information content (AvgIpc) is 2.80. The summed E-state index contributed by atoms with van der Waals surface area (Å²) in [5.74, 6) is 0.